The normalized spacial score (nSPS) is 21.0. The molecule has 0 spiro atoms. The minimum Gasteiger partial charge on any atom is -0.469 e. The zero-order valence-corrected chi connectivity index (χ0v) is 17.3. The zero-order valence-electron chi connectivity index (χ0n) is 15.7. The monoisotopic (exact) mass is 414 g/mol. The molecule has 1 fully saturated rings. The molecule has 1 heterocycles. The Hall–Kier alpha value is -1.41. The van der Waals surface area contributed by atoms with E-state index in [1.54, 1.807) is 12.1 Å². The van der Waals surface area contributed by atoms with E-state index in [4.69, 9.17) is 11.6 Å². The van der Waals surface area contributed by atoms with Crippen molar-refractivity contribution in [3.63, 3.8) is 0 Å². The van der Waals surface area contributed by atoms with Crippen molar-refractivity contribution >= 4 is 27.6 Å². The van der Waals surface area contributed by atoms with Gasteiger partial charge in [0, 0.05) is 30.1 Å². The predicted molar refractivity (Wildman–Crippen MR) is 106 cm³/mol. The van der Waals surface area contributed by atoms with Crippen molar-refractivity contribution < 1.29 is 17.9 Å². The van der Waals surface area contributed by atoms with Gasteiger partial charge >= 0.3 is 5.97 Å². The number of rotatable bonds is 9. The highest BCUT2D eigenvalue weighted by Gasteiger charge is 2.32. The summed E-state index contributed by atoms with van der Waals surface area (Å²) in [6, 6.07) is 6.21. The number of nitrogens with zero attached hydrogens (tertiary/aromatic N) is 1. The molecule has 2 atom stereocenters. The molecule has 1 saturated heterocycles. The highest BCUT2D eigenvalue weighted by molar-refractivity contribution is 7.89. The molecule has 150 valence electrons. The Labute approximate surface area is 166 Å². The van der Waals surface area contributed by atoms with Crippen LogP contribution in [0.15, 0.2) is 41.3 Å². The first kappa shape index (κ1) is 21.9. The molecule has 8 heteroatoms. The van der Waals surface area contributed by atoms with Crippen LogP contribution in [-0.4, -0.2) is 51.6 Å². The summed E-state index contributed by atoms with van der Waals surface area (Å²) in [5.41, 5.74) is 0. The van der Waals surface area contributed by atoms with E-state index in [1.807, 2.05) is 0 Å². The van der Waals surface area contributed by atoms with Crippen LogP contribution in [0.25, 0.3) is 0 Å². The minimum atomic E-state index is -3.57. The Morgan fingerprint density at radius 1 is 1.37 bits per heavy atom. The predicted octanol–water partition coefficient (Wildman–Crippen LogP) is 2.98. The van der Waals surface area contributed by atoms with Gasteiger partial charge in [0.25, 0.3) is 0 Å². The number of benzene rings is 1. The van der Waals surface area contributed by atoms with E-state index in [2.05, 4.69) is 33.4 Å². The van der Waals surface area contributed by atoms with Gasteiger partial charge in [-0.3, -0.25) is 9.69 Å². The summed E-state index contributed by atoms with van der Waals surface area (Å²) in [5.74, 6) is -0.198. The van der Waals surface area contributed by atoms with Gasteiger partial charge in [0.1, 0.15) is 0 Å². The fraction of sp³-hybridized carbons (Fsp3) is 0.526. The van der Waals surface area contributed by atoms with E-state index < -0.39 is 10.0 Å². The molecule has 1 aliphatic heterocycles. The highest BCUT2D eigenvalue weighted by Crippen LogP contribution is 2.22. The molecular weight excluding hydrogens is 388 g/mol. The van der Waals surface area contributed by atoms with E-state index in [0.29, 0.717) is 24.4 Å². The summed E-state index contributed by atoms with van der Waals surface area (Å²) in [7, 11) is -2.18. The lowest BCUT2D eigenvalue weighted by Gasteiger charge is -2.19. The Morgan fingerprint density at radius 2 is 2.07 bits per heavy atom. The van der Waals surface area contributed by atoms with Gasteiger partial charge in [-0.25, -0.2) is 13.1 Å². The fourth-order valence-electron chi connectivity index (χ4n) is 3.20. The molecule has 2 rings (SSSR count). The van der Waals surface area contributed by atoms with Gasteiger partial charge in [-0.05, 0) is 50.1 Å². The number of esters is 1. The summed E-state index contributed by atoms with van der Waals surface area (Å²) in [6.45, 7) is 3.57. The van der Waals surface area contributed by atoms with Crippen LogP contribution in [-0.2, 0) is 19.6 Å². The lowest BCUT2D eigenvalue weighted by Crippen LogP contribution is -2.37. The molecule has 0 unspecified atom stereocenters. The lowest BCUT2D eigenvalue weighted by atomic mass is 10.1. The van der Waals surface area contributed by atoms with E-state index in [-0.39, 0.29) is 22.9 Å². The van der Waals surface area contributed by atoms with Crippen molar-refractivity contribution in [3.8, 4) is 0 Å². The summed E-state index contributed by atoms with van der Waals surface area (Å²) in [5, 5.41) is 0.504. The molecule has 0 radical (unpaired) electrons. The quantitative estimate of drug-likeness (QED) is 0.382. The summed E-state index contributed by atoms with van der Waals surface area (Å²) in [4.78, 5) is 13.6. The Balaban J connectivity index is 1.91. The first-order valence-corrected chi connectivity index (χ1v) is 11.0. The number of methoxy groups -OCH3 is 1. The number of ether oxygens (including phenoxy) is 1. The van der Waals surface area contributed by atoms with Crippen molar-refractivity contribution in [1.82, 2.24) is 9.62 Å². The van der Waals surface area contributed by atoms with Crippen molar-refractivity contribution in [2.24, 2.45) is 0 Å². The maximum Gasteiger partial charge on any atom is 0.305 e. The number of sulfonamides is 1. The van der Waals surface area contributed by atoms with E-state index in [1.165, 1.54) is 19.2 Å². The van der Waals surface area contributed by atoms with Crippen molar-refractivity contribution in [1.29, 1.82) is 0 Å². The van der Waals surface area contributed by atoms with Crippen LogP contribution in [0.5, 0.6) is 0 Å². The van der Waals surface area contributed by atoms with E-state index in [9.17, 15) is 13.2 Å². The van der Waals surface area contributed by atoms with Gasteiger partial charge in [-0.1, -0.05) is 30.7 Å². The van der Waals surface area contributed by atoms with Crippen LogP contribution in [0.4, 0.5) is 0 Å². The Bertz CT molecular complexity index is 749. The van der Waals surface area contributed by atoms with Gasteiger partial charge in [0.05, 0.1) is 12.0 Å². The number of likely N-dealkylation sites (tertiary alicyclic amines) is 1. The van der Waals surface area contributed by atoms with Crippen molar-refractivity contribution in [2.45, 2.75) is 49.6 Å². The van der Waals surface area contributed by atoms with Crippen LogP contribution in [0.2, 0.25) is 5.02 Å². The van der Waals surface area contributed by atoms with Crippen LogP contribution in [0.3, 0.4) is 0 Å². The molecular formula is C19H27ClN2O4S. The summed E-state index contributed by atoms with van der Waals surface area (Å²) < 4.78 is 32.5. The number of hydrogen-bond donors (Lipinski definition) is 1. The number of carbonyl (C=O) groups is 1. The number of allylic oxidation sites excluding steroid dienone is 1. The molecule has 0 amide bonds. The third-order valence-electron chi connectivity index (χ3n) is 4.64. The lowest BCUT2D eigenvalue weighted by molar-refractivity contribution is -0.140. The van der Waals surface area contributed by atoms with Crippen LogP contribution in [0, 0.1) is 0 Å². The Kier molecular flexibility index (Phi) is 8.28. The number of unbranched alkanes of at least 4 members (excludes halogenated alkanes) is 1. The standard InChI is InChI=1S/C19H27ClN2O4S/c1-3-22-14-16(13-17(22)7-5-4-6-8-19(23)26-2)21-27(24,25)18-11-9-15(20)10-12-18/h5,7,9-12,16-17,21H,3-4,6,8,13-14H2,1-2H3/b7-5-/t16-,17-/m1/s1. The molecule has 0 aliphatic carbocycles. The third-order valence-corrected chi connectivity index (χ3v) is 6.43. The highest BCUT2D eigenvalue weighted by atomic mass is 35.5. The second-order valence-corrected chi connectivity index (χ2v) is 8.71. The van der Waals surface area contributed by atoms with Gasteiger partial charge in [0.15, 0.2) is 0 Å². The molecule has 1 aromatic rings. The SMILES string of the molecule is CCN1C[C@H](NS(=O)(=O)c2ccc(Cl)cc2)C[C@H]1/C=C\CCCC(=O)OC. The Morgan fingerprint density at radius 3 is 2.70 bits per heavy atom. The van der Waals surface area contributed by atoms with E-state index in [0.717, 1.165) is 19.4 Å². The van der Waals surface area contributed by atoms with Gasteiger partial charge < -0.3 is 4.74 Å². The first-order chi connectivity index (χ1) is 12.9. The van der Waals surface area contributed by atoms with E-state index >= 15 is 0 Å². The third kappa shape index (κ3) is 6.60. The molecule has 0 bridgehead atoms. The minimum absolute atomic E-state index is 0.143. The molecule has 0 saturated carbocycles. The molecule has 0 aromatic heterocycles. The number of nitrogens with one attached hydrogen (secondary N) is 1. The number of halogens is 1. The maximum absolute atomic E-state index is 12.6. The van der Waals surface area contributed by atoms with Gasteiger partial charge in [-0.15, -0.1) is 0 Å². The molecule has 27 heavy (non-hydrogen) atoms. The smallest absolute Gasteiger partial charge is 0.305 e. The molecule has 1 aliphatic rings. The number of carbonyl (C=O) groups excluding carboxylic acids is 1. The second kappa shape index (κ2) is 10.2. The number of hydrogen-bond acceptors (Lipinski definition) is 5. The fourth-order valence-corrected chi connectivity index (χ4v) is 4.57. The average molecular weight is 415 g/mol. The van der Waals surface area contributed by atoms with Crippen molar-refractivity contribution in [3.05, 3.63) is 41.4 Å². The molecule has 1 N–H and O–H groups in total. The molecule has 1 aromatic carbocycles. The summed E-state index contributed by atoms with van der Waals surface area (Å²) >= 11 is 5.83. The molecule has 6 nitrogen and oxygen atoms in total. The first-order valence-electron chi connectivity index (χ1n) is 9.11. The number of likely N-dealkylation sites (N-methyl/N-ethyl adjacent to an activating group) is 1. The van der Waals surface area contributed by atoms with Crippen LogP contribution >= 0.6 is 11.6 Å². The van der Waals surface area contributed by atoms with Gasteiger partial charge in [-0.2, -0.15) is 0 Å². The topological polar surface area (TPSA) is 75.7 Å². The average Bonchev–Trinajstić information content (AvgIpc) is 3.02. The maximum atomic E-state index is 12.6. The van der Waals surface area contributed by atoms with Crippen molar-refractivity contribution in [2.75, 3.05) is 20.2 Å². The zero-order chi connectivity index (χ0) is 19.9. The van der Waals surface area contributed by atoms with Crippen LogP contribution in [0.1, 0.15) is 32.6 Å². The second-order valence-electron chi connectivity index (χ2n) is 6.56. The summed E-state index contributed by atoms with van der Waals surface area (Å²) in [6.07, 6.45) is 6.84. The van der Waals surface area contributed by atoms with Crippen LogP contribution < -0.4 is 4.72 Å². The van der Waals surface area contributed by atoms with Gasteiger partial charge in [0.2, 0.25) is 10.0 Å². The largest absolute Gasteiger partial charge is 0.469 e.